The van der Waals surface area contributed by atoms with E-state index in [1.54, 1.807) is 12.1 Å². The first-order valence-electron chi connectivity index (χ1n) is 7.09. The Labute approximate surface area is 125 Å². The van der Waals surface area contributed by atoms with Crippen molar-refractivity contribution < 1.29 is 17.9 Å². The summed E-state index contributed by atoms with van der Waals surface area (Å²) in [4.78, 5) is 11.4. The molecule has 1 atom stereocenters. The normalized spacial score (nSPS) is 16.5. The van der Waals surface area contributed by atoms with Crippen LogP contribution in [0.3, 0.4) is 0 Å². The van der Waals surface area contributed by atoms with Crippen molar-refractivity contribution >= 4 is 16.0 Å². The highest BCUT2D eigenvalue weighted by molar-refractivity contribution is 7.89. The number of nitrogens with one attached hydrogen (secondary N) is 1. The summed E-state index contributed by atoms with van der Waals surface area (Å²) in [6.07, 6.45) is 3.44. The maximum atomic E-state index is 12.2. The molecule has 6 heteroatoms. The van der Waals surface area contributed by atoms with Crippen molar-refractivity contribution in [3.8, 4) is 0 Å². The van der Waals surface area contributed by atoms with Crippen molar-refractivity contribution in [1.82, 2.24) is 4.72 Å². The summed E-state index contributed by atoms with van der Waals surface area (Å²) in [6.45, 7) is 1.89. The topological polar surface area (TPSA) is 72.5 Å². The van der Waals surface area contributed by atoms with Gasteiger partial charge in [-0.2, -0.15) is 0 Å². The molecule has 0 radical (unpaired) electrons. The van der Waals surface area contributed by atoms with Crippen LogP contribution in [0, 0.1) is 5.92 Å². The summed E-state index contributed by atoms with van der Waals surface area (Å²) in [5.41, 5.74) is 0.729. The molecule has 0 spiro atoms. The van der Waals surface area contributed by atoms with Crippen molar-refractivity contribution in [1.29, 1.82) is 0 Å². The molecule has 1 saturated carbocycles. The number of carbonyl (C=O) groups is 1. The van der Waals surface area contributed by atoms with Crippen LogP contribution in [0.4, 0.5) is 0 Å². The number of hydrogen-bond acceptors (Lipinski definition) is 4. The van der Waals surface area contributed by atoms with E-state index in [0.717, 1.165) is 12.0 Å². The molecule has 1 aliphatic rings. The molecule has 21 heavy (non-hydrogen) atoms. The summed E-state index contributed by atoms with van der Waals surface area (Å²) < 4.78 is 31.7. The quantitative estimate of drug-likeness (QED) is 0.780. The summed E-state index contributed by atoms with van der Waals surface area (Å²) in [5, 5.41) is 0. The van der Waals surface area contributed by atoms with Gasteiger partial charge in [0.05, 0.1) is 18.4 Å². The smallest absolute Gasteiger partial charge is 0.309 e. The number of benzene rings is 1. The van der Waals surface area contributed by atoms with E-state index in [9.17, 15) is 13.2 Å². The summed E-state index contributed by atoms with van der Waals surface area (Å²) in [5.74, 6) is 0.326. The van der Waals surface area contributed by atoms with Crippen molar-refractivity contribution in [3.05, 3.63) is 29.8 Å². The SMILES string of the molecule is COC(=O)Cc1ccc(S(=O)(=O)NC(C)CC2CC2)cc1. The first-order valence-corrected chi connectivity index (χ1v) is 8.57. The highest BCUT2D eigenvalue weighted by Gasteiger charge is 2.26. The van der Waals surface area contributed by atoms with E-state index in [0.29, 0.717) is 5.92 Å². The molecule has 2 rings (SSSR count). The highest BCUT2D eigenvalue weighted by Crippen LogP contribution is 2.33. The van der Waals surface area contributed by atoms with E-state index in [2.05, 4.69) is 9.46 Å². The van der Waals surface area contributed by atoms with Crippen LogP contribution in [0.25, 0.3) is 0 Å². The Morgan fingerprint density at radius 3 is 2.48 bits per heavy atom. The largest absolute Gasteiger partial charge is 0.469 e. The van der Waals surface area contributed by atoms with Gasteiger partial charge in [-0.25, -0.2) is 13.1 Å². The lowest BCUT2D eigenvalue weighted by Gasteiger charge is -2.14. The molecule has 0 amide bonds. The summed E-state index contributed by atoms with van der Waals surface area (Å²) in [6, 6.07) is 6.25. The molecule has 1 fully saturated rings. The molecule has 0 heterocycles. The number of esters is 1. The lowest BCUT2D eigenvalue weighted by molar-refractivity contribution is -0.139. The Bertz CT molecular complexity index is 591. The van der Waals surface area contributed by atoms with Gasteiger partial charge in [-0.1, -0.05) is 25.0 Å². The predicted molar refractivity (Wildman–Crippen MR) is 79.3 cm³/mol. The first kappa shape index (κ1) is 16.0. The second-order valence-corrected chi connectivity index (χ2v) is 7.31. The fraction of sp³-hybridized carbons (Fsp3) is 0.533. The first-order chi connectivity index (χ1) is 9.90. The average Bonchev–Trinajstić information content (AvgIpc) is 3.22. The number of carbonyl (C=O) groups excluding carboxylic acids is 1. The molecule has 0 saturated heterocycles. The second-order valence-electron chi connectivity index (χ2n) is 5.60. The van der Waals surface area contributed by atoms with Crippen LogP contribution in [-0.4, -0.2) is 27.5 Å². The van der Waals surface area contributed by atoms with Gasteiger partial charge in [-0.3, -0.25) is 4.79 Å². The minimum Gasteiger partial charge on any atom is -0.469 e. The van der Waals surface area contributed by atoms with Gasteiger partial charge in [0.15, 0.2) is 0 Å². The van der Waals surface area contributed by atoms with Gasteiger partial charge < -0.3 is 4.74 Å². The Morgan fingerprint density at radius 1 is 1.33 bits per heavy atom. The Hall–Kier alpha value is -1.40. The number of hydrogen-bond donors (Lipinski definition) is 1. The molecule has 1 aromatic rings. The predicted octanol–water partition coefficient (Wildman–Crippen LogP) is 1.87. The zero-order chi connectivity index (χ0) is 15.5. The lowest BCUT2D eigenvalue weighted by Crippen LogP contribution is -2.32. The van der Waals surface area contributed by atoms with E-state index in [1.165, 1.54) is 32.1 Å². The minimum absolute atomic E-state index is 0.0581. The van der Waals surface area contributed by atoms with E-state index in [-0.39, 0.29) is 23.3 Å². The Kier molecular flexibility index (Phi) is 5.00. The summed E-state index contributed by atoms with van der Waals surface area (Å²) in [7, 11) is -2.17. The van der Waals surface area contributed by atoms with Gasteiger partial charge in [-0.15, -0.1) is 0 Å². The number of rotatable bonds is 7. The molecule has 0 aliphatic heterocycles. The van der Waals surface area contributed by atoms with Crippen LogP contribution in [0.15, 0.2) is 29.2 Å². The standard InChI is InChI=1S/C15H21NO4S/c1-11(9-12-3-4-12)16-21(18,19)14-7-5-13(6-8-14)10-15(17)20-2/h5-8,11-12,16H,3-4,9-10H2,1-2H3. The zero-order valence-electron chi connectivity index (χ0n) is 12.3. The summed E-state index contributed by atoms with van der Waals surface area (Å²) >= 11 is 0. The molecular weight excluding hydrogens is 290 g/mol. The van der Waals surface area contributed by atoms with E-state index in [1.807, 2.05) is 6.92 Å². The van der Waals surface area contributed by atoms with Crippen LogP contribution < -0.4 is 4.72 Å². The molecule has 116 valence electrons. The van der Waals surface area contributed by atoms with Crippen molar-refractivity contribution in [2.24, 2.45) is 5.92 Å². The molecule has 1 N–H and O–H groups in total. The number of methoxy groups -OCH3 is 1. The third kappa shape index (κ3) is 4.82. The monoisotopic (exact) mass is 311 g/mol. The van der Waals surface area contributed by atoms with Crippen LogP contribution in [0.2, 0.25) is 0 Å². The molecular formula is C15H21NO4S. The van der Waals surface area contributed by atoms with E-state index < -0.39 is 10.0 Å². The highest BCUT2D eigenvalue weighted by atomic mass is 32.2. The maximum Gasteiger partial charge on any atom is 0.309 e. The van der Waals surface area contributed by atoms with Crippen molar-refractivity contribution in [2.45, 2.75) is 43.5 Å². The molecule has 0 bridgehead atoms. The van der Waals surface area contributed by atoms with Gasteiger partial charge in [-0.05, 0) is 37.0 Å². The van der Waals surface area contributed by atoms with Crippen molar-refractivity contribution in [3.63, 3.8) is 0 Å². The minimum atomic E-state index is -3.49. The number of sulfonamides is 1. The van der Waals surface area contributed by atoms with Gasteiger partial charge in [0.25, 0.3) is 0 Å². The average molecular weight is 311 g/mol. The lowest BCUT2D eigenvalue weighted by atomic mass is 10.2. The second kappa shape index (κ2) is 6.58. The van der Waals surface area contributed by atoms with Gasteiger partial charge in [0, 0.05) is 6.04 Å². The Morgan fingerprint density at radius 2 is 1.95 bits per heavy atom. The third-order valence-electron chi connectivity index (χ3n) is 3.55. The molecule has 5 nitrogen and oxygen atoms in total. The van der Waals surface area contributed by atoms with E-state index in [4.69, 9.17) is 0 Å². The van der Waals surface area contributed by atoms with Crippen LogP contribution >= 0.6 is 0 Å². The number of ether oxygens (including phenoxy) is 1. The third-order valence-corrected chi connectivity index (χ3v) is 5.16. The van der Waals surface area contributed by atoms with Crippen LogP contribution in [0.1, 0.15) is 31.7 Å². The Balaban J connectivity index is 2.00. The van der Waals surface area contributed by atoms with Gasteiger partial charge in [0.1, 0.15) is 0 Å². The maximum absolute atomic E-state index is 12.2. The van der Waals surface area contributed by atoms with Gasteiger partial charge in [0.2, 0.25) is 10.0 Å². The van der Waals surface area contributed by atoms with Gasteiger partial charge >= 0.3 is 5.97 Å². The van der Waals surface area contributed by atoms with Crippen LogP contribution in [0.5, 0.6) is 0 Å². The van der Waals surface area contributed by atoms with Crippen molar-refractivity contribution in [2.75, 3.05) is 7.11 Å². The molecule has 1 aromatic carbocycles. The molecule has 1 aliphatic carbocycles. The zero-order valence-corrected chi connectivity index (χ0v) is 13.2. The molecule has 0 aromatic heterocycles. The van der Waals surface area contributed by atoms with E-state index >= 15 is 0 Å². The molecule has 1 unspecified atom stereocenters. The fourth-order valence-electron chi connectivity index (χ4n) is 2.26. The fourth-order valence-corrected chi connectivity index (χ4v) is 3.52. The van der Waals surface area contributed by atoms with Crippen LogP contribution in [-0.2, 0) is 26.0 Å².